The van der Waals surface area contributed by atoms with Crippen molar-refractivity contribution >= 4 is 10.8 Å². The lowest BCUT2D eigenvalue weighted by Crippen LogP contribution is -2.29. The molecule has 1 aliphatic carbocycles. The number of aromatic amines is 1. The van der Waals surface area contributed by atoms with Crippen molar-refractivity contribution in [2.24, 2.45) is 5.92 Å². The SMILES string of the molecule is COc1cc(C2Cc3nc[nH]c(=O)c3CC2C)c2ccccc2c1. The van der Waals surface area contributed by atoms with Gasteiger partial charge in [-0.25, -0.2) is 4.98 Å². The molecule has 4 nitrogen and oxygen atoms in total. The summed E-state index contributed by atoms with van der Waals surface area (Å²) >= 11 is 0. The van der Waals surface area contributed by atoms with E-state index in [0.29, 0.717) is 11.8 Å². The number of rotatable bonds is 2. The number of methoxy groups -OCH3 is 1. The Morgan fingerprint density at radius 3 is 2.88 bits per heavy atom. The normalized spacial score (nSPS) is 19.9. The highest BCUT2D eigenvalue weighted by atomic mass is 16.5. The van der Waals surface area contributed by atoms with Crippen molar-refractivity contribution in [2.75, 3.05) is 7.11 Å². The Labute approximate surface area is 140 Å². The second-order valence-electron chi connectivity index (χ2n) is 6.59. The fourth-order valence-electron chi connectivity index (χ4n) is 3.88. The average molecular weight is 320 g/mol. The van der Waals surface area contributed by atoms with Gasteiger partial charge >= 0.3 is 0 Å². The molecule has 0 saturated carbocycles. The van der Waals surface area contributed by atoms with E-state index < -0.39 is 0 Å². The molecule has 2 aromatic carbocycles. The summed E-state index contributed by atoms with van der Waals surface area (Å²) in [6.07, 6.45) is 3.06. The van der Waals surface area contributed by atoms with Crippen LogP contribution >= 0.6 is 0 Å². The van der Waals surface area contributed by atoms with E-state index in [-0.39, 0.29) is 5.56 Å². The first-order valence-electron chi connectivity index (χ1n) is 8.29. The van der Waals surface area contributed by atoms with Crippen LogP contribution in [0.2, 0.25) is 0 Å². The molecule has 0 aliphatic heterocycles. The number of H-pyrrole nitrogens is 1. The van der Waals surface area contributed by atoms with Gasteiger partial charge in [0, 0.05) is 5.56 Å². The summed E-state index contributed by atoms with van der Waals surface area (Å²) in [7, 11) is 1.70. The summed E-state index contributed by atoms with van der Waals surface area (Å²) in [5.74, 6) is 1.57. The summed E-state index contributed by atoms with van der Waals surface area (Å²) in [5.41, 5.74) is 3.05. The third-order valence-electron chi connectivity index (χ3n) is 5.17. The molecule has 1 aliphatic rings. The summed E-state index contributed by atoms with van der Waals surface area (Å²) < 4.78 is 5.51. The fourth-order valence-corrected chi connectivity index (χ4v) is 3.88. The maximum atomic E-state index is 12.0. The van der Waals surface area contributed by atoms with Crippen LogP contribution in [0.4, 0.5) is 0 Å². The zero-order valence-electron chi connectivity index (χ0n) is 13.9. The Morgan fingerprint density at radius 2 is 2.04 bits per heavy atom. The van der Waals surface area contributed by atoms with Gasteiger partial charge in [-0.2, -0.15) is 0 Å². The predicted octanol–water partition coefficient (Wildman–Crippen LogP) is 3.45. The van der Waals surface area contributed by atoms with Crippen molar-refractivity contribution in [1.82, 2.24) is 9.97 Å². The minimum atomic E-state index is 0.000741. The molecule has 2 atom stereocenters. The lowest BCUT2D eigenvalue weighted by atomic mass is 9.74. The van der Waals surface area contributed by atoms with Gasteiger partial charge < -0.3 is 9.72 Å². The van der Waals surface area contributed by atoms with Crippen LogP contribution in [0, 0.1) is 5.92 Å². The molecule has 0 amide bonds. The van der Waals surface area contributed by atoms with E-state index in [0.717, 1.165) is 29.8 Å². The molecule has 0 bridgehead atoms. The predicted molar refractivity (Wildman–Crippen MR) is 94.7 cm³/mol. The van der Waals surface area contributed by atoms with Crippen molar-refractivity contribution in [3.05, 3.63) is 69.9 Å². The highest BCUT2D eigenvalue weighted by Gasteiger charge is 2.30. The van der Waals surface area contributed by atoms with E-state index in [9.17, 15) is 4.79 Å². The quantitative estimate of drug-likeness (QED) is 0.787. The number of aromatic nitrogens is 2. The van der Waals surface area contributed by atoms with Gasteiger partial charge in [-0.05, 0) is 53.1 Å². The van der Waals surface area contributed by atoms with Gasteiger partial charge in [-0.15, -0.1) is 0 Å². The van der Waals surface area contributed by atoms with Crippen molar-refractivity contribution in [3.63, 3.8) is 0 Å². The minimum absolute atomic E-state index is 0.000741. The molecule has 0 radical (unpaired) electrons. The van der Waals surface area contributed by atoms with Crippen LogP contribution in [0.3, 0.4) is 0 Å². The highest BCUT2D eigenvalue weighted by Crippen LogP contribution is 2.39. The number of nitrogens with zero attached hydrogens (tertiary/aromatic N) is 1. The van der Waals surface area contributed by atoms with Crippen LogP contribution < -0.4 is 10.3 Å². The molecule has 4 heteroatoms. The van der Waals surface area contributed by atoms with Gasteiger partial charge in [0.15, 0.2) is 0 Å². The summed E-state index contributed by atoms with van der Waals surface area (Å²) in [5, 5.41) is 2.44. The Kier molecular flexibility index (Phi) is 3.60. The first kappa shape index (κ1) is 14.9. The smallest absolute Gasteiger partial charge is 0.254 e. The number of nitrogens with one attached hydrogen (secondary N) is 1. The summed E-state index contributed by atoms with van der Waals surface area (Å²) in [4.78, 5) is 19.2. The van der Waals surface area contributed by atoms with Crippen molar-refractivity contribution < 1.29 is 4.74 Å². The van der Waals surface area contributed by atoms with Crippen LogP contribution in [0.1, 0.15) is 29.7 Å². The maximum absolute atomic E-state index is 12.0. The van der Waals surface area contributed by atoms with Gasteiger partial charge in [0.05, 0.1) is 19.1 Å². The molecule has 122 valence electrons. The molecule has 0 saturated heterocycles. The highest BCUT2D eigenvalue weighted by molar-refractivity contribution is 5.87. The molecule has 1 N–H and O–H groups in total. The minimum Gasteiger partial charge on any atom is -0.497 e. The number of hydrogen-bond acceptors (Lipinski definition) is 3. The molecule has 1 aromatic heterocycles. The molecular formula is C20H20N2O2. The van der Waals surface area contributed by atoms with E-state index >= 15 is 0 Å². The molecular weight excluding hydrogens is 300 g/mol. The molecule has 0 fully saturated rings. The zero-order valence-corrected chi connectivity index (χ0v) is 13.9. The maximum Gasteiger partial charge on any atom is 0.254 e. The average Bonchev–Trinajstić information content (AvgIpc) is 2.61. The summed E-state index contributed by atoms with van der Waals surface area (Å²) in [6.45, 7) is 2.22. The number of ether oxygens (including phenoxy) is 1. The molecule has 24 heavy (non-hydrogen) atoms. The van der Waals surface area contributed by atoms with E-state index in [1.807, 2.05) is 6.07 Å². The second kappa shape index (κ2) is 5.78. The Morgan fingerprint density at radius 1 is 1.21 bits per heavy atom. The van der Waals surface area contributed by atoms with Crippen LogP contribution in [0.25, 0.3) is 10.8 Å². The Bertz CT molecular complexity index is 961. The topological polar surface area (TPSA) is 55.0 Å². The van der Waals surface area contributed by atoms with Gasteiger partial charge in [0.2, 0.25) is 0 Å². The molecule has 3 aromatic rings. The van der Waals surface area contributed by atoms with E-state index in [2.05, 4.69) is 47.2 Å². The van der Waals surface area contributed by atoms with Crippen LogP contribution in [-0.2, 0) is 12.8 Å². The molecule has 1 heterocycles. The first-order chi connectivity index (χ1) is 11.7. The van der Waals surface area contributed by atoms with Gasteiger partial charge in [-0.1, -0.05) is 31.2 Å². The van der Waals surface area contributed by atoms with Crippen molar-refractivity contribution in [1.29, 1.82) is 0 Å². The van der Waals surface area contributed by atoms with Crippen molar-refractivity contribution in [3.8, 4) is 5.75 Å². The zero-order chi connectivity index (χ0) is 16.7. The fraction of sp³-hybridized carbons (Fsp3) is 0.300. The van der Waals surface area contributed by atoms with E-state index in [1.165, 1.54) is 22.7 Å². The van der Waals surface area contributed by atoms with Crippen LogP contribution in [-0.4, -0.2) is 17.1 Å². The second-order valence-corrected chi connectivity index (χ2v) is 6.59. The molecule has 2 unspecified atom stereocenters. The standard InChI is InChI=1S/C20H20N2O2/c1-12-7-18-19(21-11-22-20(18)23)10-16(12)17-9-14(24-2)8-13-5-3-4-6-15(13)17/h3-6,8-9,11-12,16H,7,10H2,1-2H3,(H,21,22,23). The van der Waals surface area contributed by atoms with Gasteiger partial charge in [-0.3, -0.25) is 4.79 Å². The summed E-state index contributed by atoms with van der Waals surface area (Å²) in [6, 6.07) is 12.6. The van der Waals surface area contributed by atoms with E-state index in [4.69, 9.17) is 4.74 Å². The Hall–Kier alpha value is -2.62. The monoisotopic (exact) mass is 320 g/mol. The molecule has 0 spiro atoms. The van der Waals surface area contributed by atoms with Crippen LogP contribution in [0.15, 0.2) is 47.5 Å². The Balaban J connectivity index is 1.87. The van der Waals surface area contributed by atoms with Gasteiger partial charge in [0.25, 0.3) is 5.56 Å². The number of benzene rings is 2. The third kappa shape index (κ3) is 2.39. The molecule has 4 rings (SSSR count). The third-order valence-corrected chi connectivity index (χ3v) is 5.17. The number of fused-ring (bicyclic) bond motifs is 2. The largest absolute Gasteiger partial charge is 0.497 e. The van der Waals surface area contributed by atoms with Crippen LogP contribution in [0.5, 0.6) is 5.75 Å². The first-order valence-corrected chi connectivity index (χ1v) is 8.29. The number of hydrogen-bond donors (Lipinski definition) is 1. The lowest BCUT2D eigenvalue weighted by Gasteiger charge is -2.31. The van der Waals surface area contributed by atoms with Crippen molar-refractivity contribution in [2.45, 2.75) is 25.7 Å². The van der Waals surface area contributed by atoms with E-state index in [1.54, 1.807) is 7.11 Å². The van der Waals surface area contributed by atoms with Gasteiger partial charge in [0.1, 0.15) is 5.75 Å². The lowest BCUT2D eigenvalue weighted by molar-refractivity contribution is 0.405.